The number of carboxylic acids is 1. The van der Waals surface area contributed by atoms with Crippen molar-refractivity contribution in [2.45, 2.75) is 12.5 Å². The smallest absolute Gasteiger partial charge is 0.321 e. The fraction of sp³-hybridized carbons (Fsp3) is 0.875. The molecule has 102 valence electrons. The topological polar surface area (TPSA) is 125 Å². The van der Waals surface area contributed by atoms with Gasteiger partial charge in [-0.1, -0.05) is 0 Å². The number of carbonyl (C=O) groups is 1. The Morgan fingerprint density at radius 2 is 2.00 bits per heavy atom. The van der Waals surface area contributed by atoms with Crippen molar-refractivity contribution in [3.63, 3.8) is 0 Å². The summed E-state index contributed by atoms with van der Waals surface area (Å²) in [4.78, 5) is 12.3. The first-order chi connectivity index (χ1) is 7.74. The van der Waals surface area contributed by atoms with Crippen LogP contribution in [0, 0.1) is 0 Å². The Labute approximate surface area is 101 Å². The molecule has 0 spiro atoms. The number of nitrogens with two attached hydrogens (primary N) is 1. The largest absolute Gasteiger partial charge is 0.480 e. The van der Waals surface area contributed by atoms with E-state index in [0.717, 1.165) is 6.54 Å². The van der Waals surface area contributed by atoms with Crippen molar-refractivity contribution in [1.82, 2.24) is 14.3 Å². The molecule has 0 aliphatic rings. The predicted octanol–water partition coefficient (Wildman–Crippen LogP) is -2.23. The van der Waals surface area contributed by atoms with E-state index in [-0.39, 0.29) is 13.1 Å². The first-order valence-electron chi connectivity index (χ1n) is 5.12. The van der Waals surface area contributed by atoms with Crippen LogP contribution in [0.25, 0.3) is 0 Å². The molecule has 0 aromatic heterocycles. The van der Waals surface area contributed by atoms with Crippen molar-refractivity contribution in [1.29, 1.82) is 0 Å². The molecule has 0 heterocycles. The van der Waals surface area contributed by atoms with Gasteiger partial charge in [0.2, 0.25) is 0 Å². The molecule has 0 aliphatic carbocycles. The van der Waals surface area contributed by atoms with Gasteiger partial charge in [-0.15, -0.1) is 0 Å². The lowest BCUT2D eigenvalue weighted by atomic mass is 10.3. The second kappa shape index (κ2) is 7.56. The third kappa shape index (κ3) is 9.01. The summed E-state index contributed by atoms with van der Waals surface area (Å²) in [6.07, 6.45) is 0.666. The van der Waals surface area contributed by atoms with E-state index in [0.29, 0.717) is 6.42 Å². The maximum Gasteiger partial charge on any atom is 0.321 e. The molecular formula is C8H20N4O4S. The third-order valence-electron chi connectivity index (χ3n) is 1.88. The monoisotopic (exact) mass is 268 g/mol. The van der Waals surface area contributed by atoms with Crippen LogP contribution in [-0.4, -0.2) is 64.2 Å². The summed E-state index contributed by atoms with van der Waals surface area (Å²) >= 11 is 0. The van der Waals surface area contributed by atoms with E-state index < -0.39 is 22.2 Å². The SMILES string of the molecule is CN(C)CCCNS(=O)(=O)NC[C@H](N)C(=O)O. The van der Waals surface area contributed by atoms with Gasteiger partial charge in [-0.2, -0.15) is 8.42 Å². The molecule has 5 N–H and O–H groups in total. The van der Waals surface area contributed by atoms with Crippen LogP contribution >= 0.6 is 0 Å². The number of hydrogen-bond acceptors (Lipinski definition) is 5. The Bertz CT molecular complexity index is 330. The van der Waals surface area contributed by atoms with Crippen LogP contribution in [0.3, 0.4) is 0 Å². The predicted molar refractivity (Wildman–Crippen MR) is 63.7 cm³/mol. The van der Waals surface area contributed by atoms with Crippen LogP contribution in [0.15, 0.2) is 0 Å². The van der Waals surface area contributed by atoms with Gasteiger partial charge in [0.05, 0.1) is 0 Å². The molecule has 0 aromatic rings. The first-order valence-corrected chi connectivity index (χ1v) is 6.60. The molecule has 0 fully saturated rings. The molecule has 0 aromatic carbocycles. The van der Waals surface area contributed by atoms with Crippen molar-refractivity contribution in [2.75, 3.05) is 33.7 Å². The Morgan fingerprint density at radius 3 is 2.47 bits per heavy atom. The summed E-state index contributed by atoms with van der Waals surface area (Å²) in [5, 5.41) is 8.47. The molecule has 0 aliphatic heterocycles. The molecule has 17 heavy (non-hydrogen) atoms. The zero-order valence-corrected chi connectivity index (χ0v) is 10.8. The second-order valence-corrected chi connectivity index (χ2v) is 5.43. The molecule has 1 atom stereocenters. The maximum absolute atomic E-state index is 11.3. The van der Waals surface area contributed by atoms with E-state index in [1.54, 1.807) is 0 Å². The van der Waals surface area contributed by atoms with Gasteiger partial charge in [0.15, 0.2) is 0 Å². The van der Waals surface area contributed by atoms with E-state index in [2.05, 4.69) is 9.44 Å². The Balaban J connectivity index is 3.85. The second-order valence-electron chi connectivity index (χ2n) is 3.85. The van der Waals surface area contributed by atoms with Gasteiger partial charge >= 0.3 is 5.97 Å². The Hall–Kier alpha value is -0.740. The maximum atomic E-state index is 11.3. The highest BCUT2D eigenvalue weighted by Gasteiger charge is 2.15. The molecule has 0 bridgehead atoms. The van der Waals surface area contributed by atoms with Gasteiger partial charge in [-0.25, -0.2) is 9.44 Å². The molecule has 8 nitrogen and oxygen atoms in total. The highest BCUT2D eigenvalue weighted by molar-refractivity contribution is 7.87. The molecule has 0 saturated carbocycles. The van der Waals surface area contributed by atoms with Crippen molar-refractivity contribution in [2.24, 2.45) is 5.73 Å². The van der Waals surface area contributed by atoms with Crippen LogP contribution in [0.4, 0.5) is 0 Å². The number of rotatable bonds is 9. The standard InChI is InChI=1S/C8H20N4O4S/c1-12(2)5-3-4-10-17(15,16)11-6-7(9)8(13)14/h7,10-11H,3-6,9H2,1-2H3,(H,13,14)/t7-/m0/s1. The molecule has 0 saturated heterocycles. The summed E-state index contributed by atoms with van der Waals surface area (Å²) in [6, 6.07) is -1.24. The van der Waals surface area contributed by atoms with Crippen LogP contribution in [0.2, 0.25) is 0 Å². The van der Waals surface area contributed by atoms with Gasteiger partial charge < -0.3 is 15.7 Å². The zero-order valence-electron chi connectivity index (χ0n) is 10.0. The molecule has 0 unspecified atom stereocenters. The minimum atomic E-state index is -3.67. The number of nitrogens with zero attached hydrogens (tertiary/aromatic N) is 1. The van der Waals surface area contributed by atoms with Gasteiger partial charge in [0.1, 0.15) is 6.04 Å². The van der Waals surface area contributed by atoms with E-state index in [9.17, 15) is 13.2 Å². The van der Waals surface area contributed by atoms with E-state index in [1.165, 1.54) is 0 Å². The van der Waals surface area contributed by atoms with Gasteiger partial charge in [-0.05, 0) is 27.1 Å². The average molecular weight is 268 g/mol. The van der Waals surface area contributed by atoms with Gasteiger partial charge in [0, 0.05) is 13.1 Å². The lowest BCUT2D eigenvalue weighted by molar-refractivity contribution is -0.138. The molecular weight excluding hydrogens is 248 g/mol. The summed E-state index contributed by atoms with van der Waals surface area (Å²) in [5.41, 5.74) is 5.16. The van der Waals surface area contributed by atoms with E-state index in [4.69, 9.17) is 10.8 Å². The molecule has 9 heteroatoms. The number of carboxylic acid groups (broad SMARTS) is 1. The lowest BCUT2D eigenvalue weighted by Gasteiger charge is -2.12. The highest BCUT2D eigenvalue weighted by atomic mass is 32.2. The van der Waals surface area contributed by atoms with Crippen molar-refractivity contribution < 1.29 is 18.3 Å². The summed E-state index contributed by atoms with van der Waals surface area (Å²) in [6.45, 7) is 0.714. The number of aliphatic carboxylic acids is 1. The van der Waals surface area contributed by atoms with Crippen molar-refractivity contribution >= 4 is 16.2 Å². The zero-order chi connectivity index (χ0) is 13.5. The fourth-order valence-corrected chi connectivity index (χ4v) is 1.85. The van der Waals surface area contributed by atoms with Crippen LogP contribution in [0.5, 0.6) is 0 Å². The van der Waals surface area contributed by atoms with E-state index in [1.807, 2.05) is 19.0 Å². The Morgan fingerprint density at radius 1 is 1.41 bits per heavy atom. The third-order valence-corrected chi connectivity index (χ3v) is 3.02. The summed E-state index contributed by atoms with van der Waals surface area (Å²) < 4.78 is 27.0. The summed E-state index contributed by atoms with van der Waals surface area (Å²) in [7, 11) is 0.105. The van der Waals surface area contributed by atoms with Crippen LogP contribution in [0.1, 0.15) is 6.42 Å². The Kier molecular flexibility index (Phi) is 7.23. The quantitative estimate of drug-likeness (QED) is 0.351. The molecule has 0 amide bonds. The number of nitrogens with one attached hydrogen (secondary N) is 2. The molecule has 0 radical (unpaired) electrons. The van der Waals surface area contributed by atoms with Crippen LogP contribution in [-0.2, 0) is 15.0 Å². The number of hydrogen-bond donors (Lipinski definition) is 4. The van der Waals surface area contributed by atoms with Gasteiger partial charge in [-0.3, -0.25) is 4.79 Å². The molecule has 0 rings (SSSR count). The minimum Gasteiger partial charge on any atom is -0.480 e. The average Bonchev–Trinajstić information content (AvgIpc) is 2.21. The first kappa shape index (κ1) is 16.3. The summed E-state index contributed by atoms with van der Waals surface area (Å²) in [5.74, 6) is -1.25. The minimum absolute atomic E-state index is 0.288. The van der Waals surface area contributed by atoms with Gasteiger partial charge in [0.25, 0.3) is 10.2 Å². The highest BCUT2D eigenvalue weighted by Crippen LogP contribution is 1.84. The lowest BCUT2D eigenvalue weighted by Crippen LogP contribution is -2.46. The van der Waals surface area contributed by atoms with E-state index >= 15 is 0 Å². The van der Waals surface area contributed by atoms with Crippen molar-refractivity contribution in [3.8, 4) is 0 Å². The normalized spacial score (nSPS) is 13.9. The van der Waals surface area contributed by atoms with Crippen LogP contribution < -0.4 is 15.2 Å². The van der Waals surface area contributed by atoms with Crippen molar-refractivity contribution in [3.05, 3.63) is 0 Å². The fourth-order valence-electron chi connectivity index (χ4n) is 0.940.